The van der Waals surface area contributed by atoms with Crippen molar-refractivity contribution in [3.05, 3.63) is 53.1 Å². The maximum Gasteiger partial charge on any atom is 0.338 e. The molecule has 136 valence electrons. The topological polar surface area (TPSA) is 67.9 Å². The van der Waals surface area contributed by atoms with E-state index in [0.29, 0.717) is 40.9 Å². The highest BCUT2D eigenvalue weighted by Crippen LogP contribution is 2.36. The molecule has 0 aromatic heterocycles. The van der Waals surface area contributed by atoms with Gasteiger partial charge in [-0.2, -0.15) is 0 Å². The first kappa shape index (κ1) is 18.1. The Morgan fingerprint density at radius 3 is 2.88 bits per heavy atom. The van der Waals surface area contributed by atoms with Crippen LogP contribution in [0.25, 0.3) is 0 Å². The summed E-state index contributed by atoms with van der Waals surface area (Å²) >= 11 is 6.06. The van der Waals surface area contributed by atoms with E-state index >= 15 is 0 Å². The van der Waals surface area contributed by atoms with Crippen molar-refractivity contribution in [3.63, 3.8) is 0 Å². The van der Waals surface area contributed by atoms with Crippen molar-refractivity contribution in [2.24, 2.45) is 0 Å². The van der Waals surface area contributed by atoms with E-state index in [2.05, 4.69) is 5.32 Å². The minimum absolute atomic E-state index is 0.153. The number of ether oxygens (including phenoxy) is 2. The van der Waals surface area contributed by atoms with Gasteiger partial charge in [0, 0.05) is 10.7 Å². The fourth-order valence-corrected chi connectivity index (χ4v) is 2.90. The van der Waals surface area contributed by atoms with E-state index in [0.717, 1.165) is 0 Å². The molecule has 0 saturated heterocycles. The Morgan fingerprint density at radius 2 is 2.12 bits per heavy atom. The molecule has 26 heavy (non-hydrogen) atoms. The number of amides is 2. The number of carbonyl (C=O) groups is 2. The molecular formula is C19H19ClN2O4. The Hall–Kier alpha value is -2.73. The zero-order chi connectivity index (χ0) is 18.7. The molecule has 0 spiro atoms. The van der Waals surface area contributed by atoms with Crippen molar-refractivity contribution in [2.75, 3.05) is 23.4 Å². The molecule has 0 fully saturated rings. The largest absolute Gasteiger partial charge is 0.487 e. The molecule has 1 N–H and O–H groups in total. The standard InChI is InChI=1S/C19H19ClN2O4/c1-3-25-18(23)13-5-4-6-15(9-13)21-19(24)22-11-12(2)26-17-8-7-14(20)10-16(17)22/h4-10,12H,3,11H2,1-2H3,(H,21,24)/t12-/m1/s1. The van der Waals surface area contributed by atoms with Gasteiger partial charge in [-0.15, -0.1) is 0 Å². The predicted molar refractivity (Wildman–Crippen MR) is 100 cm³/mol. The van der Waals surface area contributed by atoms with Crippen LogP contribution in [0.2, 0.25) is 5.02 Å². The van der Waals surface area contributed by atoms with E-state index < -0.39 is 5.97 Å². The predicted octanol–water partition coefficient (Wildman–Crippen LogP) is 4.34. The third kappa shape index (κ3) is 3.91. The molecule has 2 amide bonds. The minimum Gasteiger partial charge on any atom is -0.487 e. The molecule has 2 aromatic rings. The fraction of sp³-hybridized carbons (Fsp3) is 0.263. The van der Waals surface area contributed by atoms with Crippen LogP contribution in [-0.4, -0.2) is 31.3 Å². The molecule has 1 heterocycles. The third-order valence-corrected chi connectivity index (χ3v) is 4.08. The van der Waals surface area contributed by atoms with E-state index in [4.69, 9.17) is 21.1 Å². The van der Waals surface area contributed by atoms with Gasteiger partial charge in [0.1, 0.15) is 11.9 Å². The number of urea groups is 1. The van der Waals surface area contributed by atoms with Gasteiger partial charge in [0.2, 0.25) is 0 Å². The van der Waals surface area contributed by atoms with Crippen molar-refractivity contribution in [1.82, 2.24) is 0 Å². The fourth-order valence-electron chi connectivity index (χ4n) is 2.73. The number of hydrogen-bond donors (Lipinski definition) is 1. The number of hydrogen-bond acceptors (Lipinski definition) is 4. The summed E-state index contributed by atoms with van der Waals surface area (Å²) in [5.41, 5.74) is 1.49. The Labute approximate surface area is 156 Å². The lowest BCUT2D eigenvalue weighted by Gasteiger charge is -2.33. The number of anilines is 2. The van der Waals surface area contributed by atoms with Crippen molar-refractivity contribution < 1.29 is 19.1 Å². The van der Waals surface area contributed by atoms with Gasteiger partial charge in [-0.3, -0.25) is 4.90 Å². The van der Waals surface area contributed by atoms with E-state index in [9.17, 15) is 9.59 Å². The maximum absolute atomic E-state index is 12.8. The highest BCUT2D eigenvalue weighted by molar-refractivity contribution is 6.31. The molecule has 0 aliphatic carbocycles. The van der Waals surface area contributed by atoms with E-state index in [1.807, 2.05) is 6.92 Å². The maximum atomic E-state index is 12.8. The smallest absolute Gasteiger partial charge is 0.338 e. The molecule has 1 atom stereocenters. The number of benzene rings is 2. The number of nitrogens with one attached hydrogen (secondary N) is 1. The first-order valence-electron chi connectivity index (χ1n) is 8.30. The molecule has 1 aliphatic rings. The van der Waals surface area contributed by atoms with Crippen LogP contribution >= 0.6 is 11.6 Å². The Bertz CT molecular complexity index is 840. The van der Waals surface area contributed by atoms with Crippen LogP contribution in [0.15, 0.2) is 42.5 Å². The number of fused-ring (bicyclic) bond motifs is 1. The van der Waals surface area contributed by atoms with Crippen LogP contribution in [0, 0.1) is 0 Å². The van der Waals surface area contributed by atoms with Crippen LogP contribution in [0.5, 0.6) is 5.75 Å². The first-order valence-corrected chi connectivity index (χ1v) is 8.67. The van der Waals surface area contributed by atoms with Gasteiger partial charge in [-0.25, -0.2) is 9.59 Å². The lowest BCUT2D eigenvalue weighted by Crippen LogP contribution is -2.44. The van der Waals surface area contributed by atoms with Gasteiger partial charge < -0.3 is 14.8 Å². The molecule has 0 unspecified atom stereocenters. The number of halogens is 1. The van der Waals surface area contributed by atoms with Gasteiger partial charge in [0.05, 0.1) is 24.4 Å². The summed E-state index contributed by atoms with van der Waals surface area (Å²) < 4.78 is 10.7. The van der Waals surface area contributed by atoms with Crippen LogP contribution in [0.4, 0.5) is 16.2 Å². The zero-order valence-corrected chi connectivity index (χ0v) is 15.2. The average Bonchev–Trinajstić information content (AvgIpc) is 2.62. The van der Waals surface area contributed by atoms with Crippen molar-refractivity contribution >= 4 is 35.0 Å². The lowest BCUT2D eigenvalue weighted by molar-refractivity contribution is 0.0526. The van der Waals surface area contributed by atoms with Gasteiger partial charge in [-0.05, 0) is 50.2 Å². The molecule has 3 rings (SSSR count). The highest BCUT2D eigenvalue weighted by Gasteiger charge is 2.28. The van der Waals surface area contributed by atoms with Gasteiger partial charge in [0.15, 0.2) is 0 Å². The molecular weight excluding hydrogens is 356 g/mol. The van der Waals surface area contributed by atoms with Crippen molar-refractivity contribution in [2.45, 2.75) is 20.0 Å². The van der Waals surface area contributed by atoms with Gasteiger partial charge in [0.25, 0.3) is 0 Å². The summed E-state index contributed by atoms with van der Waals surface area (Å²) in [6, 6.07) is 11.4. The Balaban J connectivity index is 1.82. The minimum atomic E-state index is -0.430. The van der Waals surface area contributed by atoms with Crippen LogP contribution in [0.1, 0.15) is 24.2 Å². The third-order valence-electron chi connectivity index (χ3n) is 3.85. The number of nitrogens with zero attached hydrogens (tertiary/aromatic N) is 1. The number of rotatable bonds is 3. The van der Waals surface area contributed by atoms with Crippen LogP contribution in [-0.2, 0) is 4.74 Å². The molecule has 0 radical (unpaired) electrons. The summed E-state index contributed by atoms with van der Waals surface area (Å²) in [6.45, 7) is 4.31. The van der Waals surface area contributed by atoms with Crippen LogP contribution < -0.4 is 15.0 Å². The molecule has 0 bridgehead atoms. The quantitative estimate of drug-likeness (QED) is 0.811. The summed E-state index contributed by atoms with van der Waals surface area (Å²) in [5.74, 6) is 0.171. The average molecular weight is 375 g/mol. The van der Waals surface area contributed by atoms with Crippen LogP contribution in [0.3, 0.4) is 0 Å². The summed E-state index contributed by atoms with van der Waals surface area (Å²) in [4.78, 5) is 26.2. The monoisotopic (exact) mass is 374 g/mol. The summed E-state index contributed by atoms with van der Waals surface area (Å²) in [7, 11) is 0. The van der Waals surface area contributed by atoms with Crippen molar-refractivity contribution in [1.29, 1.82) is 0 Å². The molecule has 7 heteroatoms. The zero-order valence-electron chi connectivity index (χ0n) is 14.5. The first-order chi connectivity index (χ1) is 12.5. The summed E-state index contributed by atoms with van der Waals surface area (Å²) in [6.07, 6.45) is -0.153. The summed E-state index contributed by atoms with van der Waals surface area (Å²) in [5, 5.41) is 3.33. The SMILES string of the molecule is CCOC(=O)c1cccc(NC(=O)N2C[C@@H](C)Oc3ccc(Cl)cc32)c1. The Kier molecular flexibility index (Phi) is 5.32. The van der Waals surface area contributed by atoms with Crippen molar-refractivity contribution in [3.8, 4) is 5.75 Å². The molecule has 6 nitrogen and oxygen atoms in total. The van der Waals surface area contributed by atoms with E-state index in [1.165, 1.54) is 0 Å². The molecule has 0 saturated carbocycles. The lowest BCUT2D eigenvalue weighted by atomic mass is 10.2. The second kappa shape index (κ2) is 7.66. The number of carbonyl (C=O) groups excluding carboxylic acids is 2. The van der Waals surface area contributed by atoms with Gasteiger partial charge in [-0.1, -0.05) is 17.7 Å². The van der Waals surface area contributed by atoms with E-state index in [1.54, 1.807) is 54.3 Å². The Morgan fingerprint density at radius 1 is 1.31 bits per heavy atom. The normalized spacial score (nSPS) is 15.7. The molecule has 2 aromatic carbocycles. The number of esters is 1. The second-order valence-corrected chi connectivity index (χ2v) is 6.32. The van der Waals surface area contributed by atoms with Gasteiger partial charge >= 0.3 is 12.0 Å². The van der Waals surface area contributed by atoms with E-state index in [-0.39, 0.29) is 12.1 Å². The highest BCUT2D eigenvalue weighted by atomic mass is 35.5. The second-order valence-electron chi connectivity index (χ2n) is 5.88. The molecule has 1 aliphatic heterocycles.